The maximum atomic E-state index is 3.59. The zero-order chi connectivity index (χ0) is 7.03. The molecule has 1 N–H and O–H groups in total. The van der Waals surface area contributed by atoms with Gasteiger partial charge in [-0.2, -0.15) is 0 Å². The summed E-state index contributed by atoms with van der Waals surface area (Å²) >= 11 is 0. The first-order valence-corrected chi connectivity index (χ1v) is 4.24. The fraction of sp³-hybridized carbons (Fsp3) is 0.778. The molecule has 1 aliphatic heterocycles. The van der Waals surface area contributed by atoms with E-state index in [0.29, 0.717) is 5.54 Å². The summed E-state index contributed by atoms with van der Waals surface area (Å²) in [6, 6.07) is 0. The molecule has 0 amide bonds. The lowest BCUT2D eigenvalue weighted by Gasteiger charge is -2.20. The standard InChI is InChI=1S/C9H15N/c1-8-3-5-9(7-8)4-2-6-10-9/h7,10H,2-6H2,1H3. The van der Waals surface area contributed by atoms with Crippen molar-refractivity contribution in [1.82, 2.24) is 5.32 Å². The first kappa shape index (κ1) is 6.41. The second-order valence-corrected chi connectivity index (χ2v) is 3.68. The highest BCUT2D eigenvalue weighted by Gasteiger charge is 2.33. The Morgan fingerprint density at radius 2 is 2.40 bits per heavy atom. The van der Waals surface area contributed by atoms with Crippen LogP contribution in [-0.2, 0) is 0 Å². The summed E-state index contributed by atoms with van der Waals surface area (Å²) in [6.45, 7) is 3.47. The molecule has 0 bridgehead atoms. The van der Waals surface area contributed by atoms with Gasteiger partial charge in [0.1, 0.15) is 0 Å². The normalized spacial score (nSPS) is 39.1. The highest BCUT2D eigenvalue weighted by molar-refractivity contribution is 5.21. The van der Waals surface area contributed by atoms with E-state index in [4.69, 9.17) is 0 Å². The Kier molecular flexibility index (Phi) is 1.34. The van der Waals surface area contributed by atoms with Gasteiger partial charge >= 0.3 is 0 Å². The van der Waals surface area contributed by atoms with Crippen LogP contribution >= 0.6 is 0 Å². The second-order valence-electron chi connectivity index (χ2n) is 3.68. The number of nitrogens with one attached hydrogen (secondary N) is 1. The van der Waals surface area contributed by atoms with Crippen molar-refractivity contribution in [2.24, 2.45) is 0 Å². The molecular formula is C9H15N. The van der Waals surface area contributed by atoms with Crippen molar-refractivity contribution in [3.05, 3.63) is 11.6 Å². The van der Waals surface area contributed by atoms with Gasteiger partial charge in [-0.3, -0.25) is 0 Å². The van der Waals surface area contributed by atoms with Crippen molar-refractivity contribution in [3.63, 3.8) is 0 Å². The third-order valence-electron chi connectivity index (χ3n) is 2.76. The zero-order valence-corrected chi connectivity index (χ0v) is 6.61. The Labute approximate surface area is 62.5 Å². The number of rotatable bonds is 0. The Morgan fingerprint density at radius 1 is 1.50 bits per heavy atom. The molecule has 0 aromatic heterocycles. The van der Waals surface area contributed by atoms with Crippen LogP contribution in [0.5, 0.6) is 0 Å². The summed E-state index contributed by atoms with van der Waals surface area (Å²) in [5, 5.41) is 3.59. The molecule has 1 heterocycles. The summed E-state index contributed by atoms with van der Waals surface area (Å²) in [5.41, 5.74) is 2.03. The highest BCUT2D eigenvalue weighted by atomic mass is 15.0. The molecule has 0 saturated carbocycles. The molecule has 1 nitrogen and oxygen atoms in total. The third-order valence-corrected chi connectivity index (χ3v) is 2.76. The average Bonchev–Trinajstić information content (AvgIpc) is 2.46. The molecule has 2 rings (SSSR count). The quantitative estimate of drug-likeness (QED) is 0.502. The Bertz CT molecular complexity index is 164. The van der Waals surface area contributed by atoms with E-state index in [1.807, 2.05) is 0 Å². The Hall–Kier alpha value is -0.300. The lowest BCUT2D eigenvalue weighted by Crippen LogP contribution is -2.34. The third kappa shape index (κ3) is 0.891. The molecule has 2 aliphatic rings. The van der Waals surface area contributed by atoms with Gasteiger partial charge in [0.2, 0.25) is 0 Å². The number of hydrogen-bond acceptors (Lipinski definition) is 1. The summed E-state index contributed by atoms with van der Waals surface area (Å²) in [5.74, 6) is 0. The largest absolute Gasteiger partial charge is 0.308 e. The van der Waals surface area contributed by atoms with Gasteiger partial charge in [-0.25, -0.2) is 0 Å². The molecule has 1 unspecified atom stereocenters. The average molecular weight is 137 g/mol. The molecule has 1 fully saturated rings. The van der Waals surface area contributed by atoms with Crippen molar-refractivity contribution in [2.45, 2.75) is 38.1 Å². The molecule has 1 saturated heterocycles. The van der Waals surface area contributed by atoms with Gasteiger partial charge in [0.05, 0.1) is 0 Å². The Balaban J connectivity index is 2.16. The van der Waals surface area contributed by atoms with E-state index in [-0.39, 0.29) is 0 Å². The fourth-order valence-corrected chi connectivity index (χ4v) is 2.20. The summed E-state index contributed by atoms with van der Waals surface area (Å²) < 4.78 is 0. The van der Waals surface area contributed by atoms with E-state index >= 15 is 0 Å². The van der Waals surface area contributed by atoms with Gasteiger partial charge < -0.3 is 5.32 Å². The van der Waals surface area contributed by atoms with Crippen LogP contribution in [0.3, 0.4) is 0 Å². The summed E-state index contributed by atoms with van der Waals surface area (Å²) in [7, 11) is 0. The predicted octanol–water partition coefficient (Wildman–Crippen LogP) is 1.85. The summed E-state index contributed by atoms with van der Waals surface area (Å²) in [4.78, 5) is 0. The molecule has 0 radical (unpaired) electrons. The molecule has 1 atom stereocenters. The highest BCUT2D eigenvalue weighted by Crippen LogP contribution is 2.34. The van der Waals surface area contributed by atoms with Gasteiger partial charge in [-0.05, 0) is 39.2 Å². The van der Waals surface area contributed by atoms with Crippen molar-refractivity contribution in [1.29, 1.82) is 0 Å². The topological polar surface area (TPSA) is 12.0 Å². The van der Waals surface area contributed by atoms with E-state index in [0.717, 1.165) is 0 Å². The minimum Gasteiger partial charge on any atom is -0.308 e. The van der Waals surface area contributed by atoms with E-state index in [2.05, 4.69) is 18.3 Å². The molecule has 1 spiro atoms. The molecule has 1 heteroatoms. The maximum Gasteiger partial charge on any atom is 0.0370 e. The van der Waals surface area contributed by atoms with E-state index in [1.54, 1.807) is 5.57 Å². The van der Waals surface area contributed by atoms with Crippen LogP contribution in [0.15, 0.2) is 11.6 Å². The van der Waals surface area contributed by atoms with Crippen molar-refractivity contribution in [2.75, 3.05) is 6.54 Å². The first-order valence-electron chi connectivity index (χ1n) is 4.24. The molecule has 0 aromatic rings. The Morgan fingerprint density at radius 3 is 2.90 bits per heavy atom. The van der Waals surface area contributed by atoms with Crippen molar-refractivity contribution >= 4 is 0 Å². The van der Waals surface area contributed by atoms with Crippen LogP contribution in [0.4, 0.5) is 0 Å². The number of allylic oxidation sites excluding steroid dienone is 1. The summed E-state index contributed by atoms with van der Waals surface area (Å²) in [6.07, 6.45) is 7.83. The van der Waals surface area contributed by atoms with Crippen LogP contribution in [0.25, 0.3) is 0 Å². The van der Waals surface area contributed by atoms with Crippen molar-refractivity contribution in [3.8, 4) is 0 Å². The molecule has 0 aromatic carbocycles. The lowest BCUT2D eigenvalue weighted by atomic mass is 9.97. The van der Waals surface area contributed by atoms with Crippen LogP contribution < -0.4 is 5.32 Å². The second kappa shape index (κ2) is 2.09. The fourth-order valence-electron chi connectivity index (χ4n) is 2.20. The zero-order valence-electron chi connectivity index (χ0n) is 6.61. The van der Waals surface area contributed by atoms with Crippen LogP contribution in [0, 0.1) is 0 Å². The molecule has 1 aliphatic carbocycles. The van der Waals surface area contributed by atoms with E-state index in [9.17, 15) is 0 Å². The van der Waals surface area contributed by atoms with Gasteiger partial charge in [-0.1, -0.05) is 11.6 Å². The monoisotopic (exact) mass is 137 g/mol. The molecule has 56 valence electrons. The SMILES string of the molecule is CC1=CC2(CCCN2)CC1. The van der Waals surface area contributed by atoms with Crippen LogP contribution in [-0.4, -0.2) is 12.1 Å². The van der Waals surface area contributed by atoms with Crippen molar-refractivity contribution < 1.29 is 0 Å². The predicted molar refractivity (Wildman–Crippen MR) is 43.0 cm³/mol. The molecule has 10 heavy (non-hydrogen) atoms. The minimum atomic E-state index is 0.448. The minimum absolute atomic E-state index is 0.448. The first-order chi connectivity index (χ1) is 4.81. The van der Waals surface area contributed by atoms with Crippen LogP contribution in [0.1, 0.15) is 32.6 Å². The van der Waals surface area contributed by atoms with E-state index < -0.39 is 0 Å². The van der Waals surface area contributed by atoms with Crippen LogP contribution in [0.2, 0.25) is 0 Å². The van der Waals surface area contributed by atoms with Gasteiger partial charge in [0, 0.05) is 5.54 Å². The number of hydrogen-bond donors (Lipinski definition) is 1. The van der Waals surface area contributed by atoms with Gasteiger partial charge in [-0.15, -0.1) is 0 Å². The molecular weight excluding hydrogens is 122 g/mol. The van der Waals surface area contributed by atoms with E-state index in [1.165, 1.54) is 32.2 Å². The maximum absolute atomic E-state index is 3.59. The lowest BCUT2D eigenvalue weighted by molar-refractivity contribution is 0.461. The smallest absolute Gasteiger partial charge is 0.0370 e. The van der Waals surface area contributed by atoms with Gasteiger partial charge in [0.25, 0.3) is 0 Å². The van der Waals surface area contributed by atoms with Gasteiger partial charge in [0.15, 0.2) is 0 Å².